The largest absolute Gasteiger partial charge is 0.497 e. The van der Waals surface area contributed by atoms with E-state index in [1.54, 1.807) is 30.3 Å². The minimum absolute atomic E-state index is 0. The van der Waals surface area contributed by atoms with E-state index in [0.29, 0.717) is 31.9 Å². The summed E-state index contributed by atoms with van der Waals surface area (Å²) < 4.78 is 45.1. The molecule has 136 valence electrons. The molecule has 0 saturated carbocycles. The standard InChI is InChI=1S/C17H19FN2O3S.ClH/c1-23-16-3-2-4-17(13-16)24(21,22)20-11-9-19(10-12-20)15-7-5-14(18)6-8-15;/h2-8,13H,9-12H2,1H3;1H. The predicted molar refractivity (Wildman–Crippen MR) is 97.6 cm³/mol. The van der Waals surface area contributed by atoms with Gasteiger partial charge in [0.2, 0.25) is 10.0 Å². The fourth-order valence-corrected chi connectivity index (χ4v) is 4.21. The summed E-state index contributed by atoms with van der Waals surface area (Å²) in [6.07, 6.45) is 0. The van der Waals surface area contributed by atoms with Crippen molar-refractivity contribution in [2.75, 3.05) is 38.2 Å². The van der Waals surface area contributed by atoms with Gasteiger partial charge in [0.05, 0.1) is 12.0 Å². The predicted octanol–water partition coefficient (Wildman–Crippen LogP) is 2.77. The van der Waals surface area contributed by atoms with E-state index in [1.807, 2.05) is 0 Å². The average Bonchev–Trinajstić information content (AvgIpc) is 2.62. The van der Waals surface area contributed by atoms with E-state index in [1.165, 1.54) is 29.6 Å². The van der Waals surface area contributed by atoms with Gasteiger partial charge in [-0.05, 0) is 36.4 Å². The molecule has 0 bridgehead atoms. The molecular formula is C17H20ClFN2O3S. The molecule has 1 saturated heterocycles. The van der Waals surface area contributed by atoms with Gasteiger partial charge < -0.3 is 9.64 Å². The van der Waals surface area contributed by atoms with Gasteiger partial charge in [-0.1, -0.05) is 6.07 Å². The van der Waals surface area contributed by atoms with Crippen molar-refractivity contribution in [1.82, 2.24) is 4.31 Å². The van der Waals surface area contributed by atoms with E-state index in [0.717, 1.165) is 5.69 Å². The van der Waals surface area contributed by atoms with Crippen molar-refractivity contribution < 1.29 is 17.5 Å². The zero-order valence-electron chi connectivity index (χ0n) is 13.8. The molecule has 2 aromatic rings. The van der Waals surface area contributed by atoms with Gasteiger partial charge in [0, 0.05) is 37.9 Å². The van der Waals surface area contributed by atoms with Gasteiger partial charge in [-0.2, -0.15) is 4.31 Å². The molecule has 0 amide bonds. The Morgan fingerprint density at radius 2 is 1.64 bits per heavy atom. The summed E-state index contributed by atoms with van der Waals surface area (Å²) >= 11 is 0. The van der Waals surface area contributed by atoms with Crippen LogP contribution < -0.4 is 9.64 Å². The van der Waals surface area contributed by atoms with Crippen LogP contribution in [0.3, 0.4) is 0 Å². The van der Waals surface area contributed by atoms with E-state index in [2.05, 4.69) is 4.90 Å². The summed E-state index contributed by atoms with van der Waals surface area (Å²) in [4.78, 5) is 2.29. The molecule has 1 heterocycles. The number of methoxy groups -OCH3 is 1. The van der Waals surface area contributed by atoms with Gasteiger partial charge in [0.1, 0.15) is 11.6 Å². The van der Waals surface area contributed by atoms with Crippen LogP contribution in [0.1, 0.15) is 0 Å². The van der Waals surface area contributed by atoms with Crippen LogP contribution in [0.4, 0.5) is 10.1 Å². The van der Waals surface area contributed by atoms with Gasteiger partial charge >= 0.3 is 0 Å². The van der Waals surface area contributed by atoms with Gasteiger partial charge in [-0.25, -0.2) is 12.8 Å². The summed E-state index contributed by atoms with van der Waals surface area (Å²) in [5.41, 5.74) is 0.898. The average molecular weight is 387 g/mol. The molecule has 0 atom stereocenters. The van der Waals surface area contributed by atoms with Crippen molar-refractivity contribution in [3.05, 3.63) is 54.3 Å². The first-order chi connectivity index (χ1) is 11.5. The van der Waals surface area contributed by atoms with Crippen molar-refractivity contribution in [2.45, 2.75) is 4.90 Å². The first kappa shape index (κ1) is 19.5. The molecule has 0 aliphatic carbocycles. The first-order valence-corrected chi connectivity index (χ1v) is 9.09. The van der Waals surface area contributed by atoms with E-state index < -0.39 is 10.0 Å². The van der Waals surface area contributed by atoms with Crippen LogP contribution in [-0.4, -0.2) is 46.0 Å². The number of rotatable bonds is 4. The van der Waals surface area contributed by atoms with Crippen LogP contribution >= 0.6 is 12.4 Å². The number of hydrogen-bond donors (Lipinski definition) is 0. The summed E-state index contributed by atoms with van der Waals surface area (Å²) in [5.74, 6) is 0.235. The zero-order chi connectivity index (χ0) is 17.2. The Morgan fingerprint density at radius 1 is 1.00 bits per heavy atom. The molecule has 0 N–H and O–H groups in total. The van der Waals surface area contributed by atoms with Crippen molar-refractivity contribution in [3.63, 3.8) is 0 Å². The third-order valence-electron chi connectivity index (χ3n) is 4.11. The van der Waals surface area contributed by atoms with Crippen LogP contribution in [0.2, 0.25) is 0 Å². The van der Waals surface area contributed by atoms with Gasteiger partial charge in [0.25, 0.3) is 0 Å². The highest BCUT2D eigenvalue weighted by molar-refractivity contribution is 7.89. The van der Waals surface area contributed by atoms with E-state index >= 15 is 0 Å². The summed E-state index contributed by atoms with van der Waals surface area (Å²) in [5, 5.41) is 0. The third-order valence-corrected chi connectivity index (χ3v) is 6.00. The fourth-order valence-electron chi connectivity index (χ4n) is 2.75. The number of hydrogen-bond acceptors (Lipinski definition) is 4. The maximum Gasteiger partial charge on any atom is 0.243 e. The molecule has 8 heteroatoms. The van der Waals surface area contributed by atoms with Crippen LogP contribution in [0.15, 0.2) is 53.4 Å². The fraction of sp³-hybridized carbons (Fsp3) is 0.294. The lowest BCUT2D eigenvalue weighted by atomic mass is 10.2. The highest BCUT2D eigenvalue weighted by atomic mass is 35.5. The number of nitrogens with zero attached hydrogens (tertiary/aromatic N) is 2. The molecule has 2 aromatic carbocycles. The molecule has 0 spiro atoms. The highest BCUT2D eigenvalue weighted by Crippen LogP contribution is 2.23. The second-order valence-corrected chi connectivity index (χ2v) is 7.48. The van der Waals surface area contributed by atoms with E-state index in [4.69, 9.17) is 4.74 Å². The number of anilines is 1. The molecule has 1 fully saturated rings. The Morgan fingerprint density at radius 3 is 2.24 bits per heavy atom. The SMILES string of the molecule is COc1cccc(S(=O)(=O)N2CCN(c3ccc(F)cc3)CC2)c1.Cl. The lowest BCUT2D eigenvalue weighted by Gasteiger charge is -2.35. The van der Waals surface area contributed by atoms with Crippen molar-refractivity contribution in [2.24, 2.45) is 0 Å². The molecule has 3 rings (SSSR count). The zero-order valence-corrected chi connectivity index (χ0v) is 15.4. The van der Waals surface area contributed by atoms with Crippen molar-refractivity contribution in [3.8, 4) is 5.75 Å². The Hall–Kier alpha value is -1.83. The maximum atomic E-state index is 13.0. The normalized spacial score (nSPS) is 15.5. The van der Waals surface area contributed by atoms with Crippen LogP contribution in [-0.2, 0) is 10.0 Å². The Kier molecular flexibility index (Phi) is 6.26. The summed E-state index contributed by atoms with van der Waals surface area (Å²) in [6.45, 7) is 1.90. The quantitative estimate of drug-likeness (QED) is 0.810. The molecule has 0 aromatic heterocycles. The molecule has 1 aliphatic rings. The maximum absolute atomic E-state index is 13.0. The number of sulfonamides is 1. The molecule has 5 nitrogen and oxygen atoms in total. The first-order valence-electron chi connectivity index (χ1n) is 7.65. The number of halogens is 2. The highest BCUT2D eigenvalue weighted by Gasteiger charge is 2.28. The Balaban J connectivity index is 0.00000225. The summed E-state index contributed by atoms with van der Waals surface area (Å²) in [6, 6.07) is 12.7. The van der Waals surface area contributed by atoms with Crippen molar-refractivity contribution in [1.29, 1.82) is 0 Å². The molecule has 0 radical (unpaired) electrons. The number of piperazine rings is 1. The lowest BCUT2D eigenvalue weighted by Crippen LogP contribution is -2.48. The third kappa shape index (κ3) is 4.23. The molecular weight excluding hydrogens is 367 g/mol. The van der Waals surface area contributed by atoms with Gasteiger partial charge in [0.15, 0.2) is 0 Å². The number of ether oxygens (including phenoxy) is 1. The minimum Gasteiger partial charge on any atom is -0.497 e. The molecule has 1 aliphatic heterocycles. The van der Waals surface area contributed by atoms with Crippen LogP contribution in [0.5, 0.6) is 5.75 Å². The van der Waals surface area contributed by atoms with E-state index in [-0.39, 0.29) is 23.1 Å². The van der Waals surface area contributed by atoms with Crippen LogP contribution in [0, 0.1) is 5.82 Å². The van der Waals surface area contributed by atoms with E-state index in [9.17, 15) is 12.8 Å². The molecule has 0 unspecified atom stereocenters. The second-order valence-electron chi connectivity index (χ2n) is 5.55. The van der Waals surface area contributed by atoms with Gasteiger partial charge in [-0.15, -0.1) is 12.4 Å². The second kappa shape index (κ2) is 8.03. The monoisotopic (exact) mass is 386 g/mol. The number of benzene rings is 2. The van der Waals surface area contributed by atoms with Crippen molar-refractivity contribution >= 4 is 28.1 Å². The minimum atomic E-state index is -3.54. The smallest absolute Gasteiger partial charge is 0.243 e. The summed E-state index contributed by atoms with van der Waals surface area (Å²) in [7, 11) is -2.03. The lowest BCUT2D eigenvalue weighted by molar-refractivity contribution is 0.383. The Labute approximate surface area is 153 Å². The van der Waals surface area contributed by atoms with Gasteiger partial charge in [-0.3, -0.25) is 0 Å². The molecule has 25 heavy (non-hydrogen) atoms. The Bertz CT molecular complexity index is 807. The topological polar surface area (TPSA) is 49.9 Å². The van der Waals surface area contributed by atoms with Crippen LogP contribution in [0.25, 0.3) is 0 Å².